The van der Waals surface area contributed by atoms with Crippen molar-refractivity contribution in [2.45, 2.75) is 51.0 Å². The number of amides is 1. The molecule has 0 saturated carbocycles. The van der Waals surface area contributed by atoms with E-state index in [1.807, 2.05) is 4.90 Å². The summed E-state index contributed by atoms with van der Waals surface area (Å²) in [6.07, 6.45) is 5.50. The minimum atomic E-state index is -2.85. The van der Waals surface area contributed by atoms with Gasteiger partial charge in [-0.2, -0.15) is 0 Å². The molecule has 2 aliphatic rings. The minimum absolute atomic E-state index is 0.121. The molecule has 6 heteroatoms. The molecule has 1 N–H and O–H groups in total. The predicted molar refractivity (Wildman–Crippen MR) is 77.0 cm³/mol. The average molecular weight is 303 g/mol. The highest BCUT2D eigenvalue weighted by molar-refractivity contribution is 7.91. The Labute approximate surface area is 121 Å². The summed E-state index contributed by atoms with van der Waals surface area (Å²) in [7, 11) is -2.85. The monoisotopic (exact) mass is 303 g/mol. The van der Waals surface area contributed by atoms with Crippen LogP contribution in [0.1, 0.15) is 44.9 Å². The largest absolute Gasteiger partial charge is 0.396 e. The second-order valence-corrected chi connectivity index (χ2v) is 8.35. The lowest BCUT2D eigenvalue weighted by Gasteiger charge is -2.36. The van der Waals surface area contributed by atoms with Crippen molar-refractivity contribution in [2.24, 2.45) is 5.92 Å². The molecular weight excluding hydrogens is 278 g/mol. The molecule has 2 saturated heterocycles. The number of likely N-dealkylation sites (tertiary alicyclic amines) is 1. The number of carbonyl (C=O) groups is 1. The summed E-state index contributed by atoms with van der Waals surface area (Å²) in [5.41, 5.74) is 0. The molecule has 0 aromatic rings. The molecule has 0 spiro atoms. The van der Waals surface area contributed by atoms with Crippen LogP contribution in [0.3, 0.4) is 0 Å². The van der Waals surface area contributed by atoms with Crippen LogP contribution in [0, 0.1) is 5.92 Å². The zero-order valence-corrected chi connectivity index (χ0v) is 12.8. The molecular formula is C14H25NO4S. The van der Waals surface area contributed by atoms with Crippen LogP contribution in [-0.4, -0.2) is 55.0 Å². The molecule has 2 heterocycles. The number of aliphatic hydroxyl groups is 1. The van der Waals surface area contributed by atoms with Gasteiger partial charge in [0, 0.05) is 25.6 Å². The third kappa shape index (κ3) is 4.19. The van der Waals surface area contributed by atoms with Crippen molar-refractivity contribution >= 4 is 15.7 Å². The molecule has 116 valence electrons. The van der Waals surface area contributed by atoms with Gasteiger partial charge >= 0.3 is 0 Å². The Bertz CT molecular complexity index is 418. The molecule has 20 heavy (non-hydrogen) atoms. The quantitative estimate of drug-likeness (QED) is 0.839. The summed E-state index contributed by atoms with van der Waals surface area (Å²) < 4.78 is 22.8. The average Bonchev–Trinajstić information content (AvgIpc) is 2.42. The lowest BCUT2D eigenvalue weighted by molar-refractivity contribution is -0.136. The van der Waals surface area contributed by atoms with Crippen molar-refractivity contribution in [3.8, 4) is 0 Å². The Kier molecular flexibility index (Phi) is 5.43. The molecule has 2 rings (SSSR count). The maximum absolute atomic E-state index is 12.4. The van der Waals surface area contributed by atoms with E-state index in [1.54, 1.807) is 0 Å². The Morgan fingerprint density at radius 1 is 1.15 bits per heavy atom. The smallest absolute Gasteiger partial charge is 0.223 e. The van der Waals surface area contributed by atoms with Gasteiger partial charge in [-0.15, -0.1) is 0 Å². The van der Waals surface area contributed by atoms with Gasteiger partial charge < -0.3 is 10.0 Å². The molecule has 1 atom stereocenters. The van der Waals surface area contributed by atoms with E-state index in [-0.39, 0.29) is 36.0 Å². The molecule has 1 unspecified atom stereocenters. The number of hydrogen-bond acceptors (Lipinski definition) is 4. The topological polar surface area (TPSA) is 74.7 Å². The van der Waals surface area contributed by atoms with Gasteiger partial charge in [-0.1, -0.05) is 0 Å². The van der Waals surface area contributed by atoms with Gasteiger partial charge in [0.05, 0.1) is 11.5 Å². The summed E-state index contributed by atoms with van der Waals surface area (Å²) in [6.45, 7) is 0.907. The zero-order valence-electron chi connectivity index (χ0n) is 12.0. The number of piperidine rings is 1. The summed E-state index contributed by atoms with van der Waals surface area (Å²) >= 11 is 0. The van der Waals surface area contributed by atoms with Crippen molar-refractivity contribution in [2.75, 3.05) is 24.7 Å². The van der Waals surface area contributed by atoms with Crippen molar-refractivity contribution < 1.29 is 18.3 Å². The summed E-state index contributed by atoms with van der Waals surface area (Å²) in [4.78, 5) is 14.3. The Balaban J connectivity index is 1.87. The SMILES string of the molecule is O=C(CC1CCS(=O)(=O)CC1)N1CCCCC1CCO. The fourth-order valence-corrected chi connectivity index (χ4v) is 4.87. The molecule has 0 radical (unpaired) electrons. The fraction of sp³-hybridized carbons (Fsp3) is 0.929. The van der Waals surface area contributed by atoms with Gasteiger partial charge in [0.2, 0.25) is 5.91 Å². The van der Waals surface area contributed by atoms with Crippen molar-refractivity contribution in [1.29, 1.82) is 0 Å². The van der Waals surface area contributed by atoms with Crippen LogP contribution in [0.5, 0.6) is 0 Å². The molecule has 2 fully saturated rings. The highest BCUT2D eigenvalue weighted by Crippen LogP contribution is 2.26. The van der Waals surface area contributed by atoms with E-state index in [0.29, 0.717) is 25.7 Å². The normalized spacial score (nSPS) is 27.4. The van der Waals surface area contributed by atoms with Gasteiger partial charge in [-0.05, 0) is 44.4 Å². The van der Waals surface area contributed by atoms with Gasteiger partial charge in [0.1, 0.15) is 9.84 Å². The van der Waals surface area contributed by atoms with Gasteiger partial charge in [-0.3, -0.25) is 4.79 Å². The molecule has 1 amide bonds. The molecule has 0 bridgehead atoms. The van der Waals surface area contributed by atoms with Crippen molar-refractivity contribution in [3.63, 3.8) is 0 Å². The molecule has 0 aliphatic carbocycles. The van der Waals surface area contributed by atoms with E-state index in [2.05, 4.69) is 0 Å². The first-order chi connectivity index (χ1) is 9.52. The van der Waals surface area contributed by atoms with Crippen LogP contribution in [-0.2, 0) is 14.6 Å². The van der Waals surface area contributed by atoms with Crippen LogP contribution in [0.4, 0.5) is 0 Å². The fourth-order valence-electron chi connectivity index (χ4n) is 3.29. The molecule has 2 aliphatic heterocycles. The Morgan fingerprint density at radius 2 is 1.85 bits per heavy atom. The number of aliphatic hydroxyl groups excluding tert-OH is 1. The Morgan fingerprint density at radius 3 is 2.50 bits per heavy atom. The summed E-state index contributed by atoms with van der Waals surface area (Å²) in [5, 5.41) is 9.09. The lowest BCUT2D eigenvalue weighted by Crippen LogP contribution is -2.45. The van der Waals surface area contributed by atoms with E-state index >= 15 is 0 Å². The van der Waals surface area contributed by atoms with E-state index in [1.165, 1.54) is 0 Å². The second kappa shape index (κ2) is 6.89. The molecule has 0 aromatic carbocycles. The number of carbonyl (C=O) groups excluding carboxylic acids is 1. The highest BCUT2D eigenvalue weighted by Gasteiger charge is 2.30. The van der Waals surface area contributed by atoms with Gasteiger partial charge in [-0.25, -0.2) is 8.42 Å². The second-order valence-electron chi connectivity index (χ2n) is 6.05. The van der Waals surface area contributed by atoms with E-state index < -0.39 is 9.84 Å². The van der Waals surface area contributed by atoms with Crippen LogP contribution < -0.4 is 0 Å². The maximum Gasteiger partial charge on any atom is 0.223 e. The third-order valence-electron chi connectivity index (χ3n) is 4.55. The van der Waals surface area contributed by atoms with Crippen LogP contribution in [0.15, 0.2) is 0 Å². The van der Waals surface area contributed by atoms with Gasteiger partial charge in [0.15, 0.2) is 0 Å². The van der Waals surface area contributed by atoms with Crippen molar-refractivity contribution in [3.05, 3.63) is 0 Å². The molecule has 5 nitrogen and oxygen atoms in total. The van der Waals surface area contributed by atoms with Crippen LogP contribution in [0.25, 0.3) is 0 Å². The number of rotatable bonds is 4. The first kappa shape index (κ1) is 15.8. The summed E-state index contributed by atoms with van der Waals surface area (Å²) in [6, 6.07) is 0.175. The first-order valence-corrected chi connectivity index (χ1v) is 9.45. The number of nitrogens with zero attached hydrogens (tertiary/aromatic N) is 1. The first-order valence-electron chi connectivity index (χ1n) is 7.62. The minimum Gasteiger partial charge on any atom is -0.396 e. The number of sulfone groups is 1. The zero-order chi connectivity index (χ0) is 14.6. The molecule has 0 aromatic heterocycles. The number of hydrogen-bond donors (Lipinski definition) is 1. The highest BCUT2D eigenvalue weighted by atomic mass is 32.2. The van der Waals surface area contributed by atoms with Crippen molar-refractivity contribution in [1.82, 2.24) is 4.90 Å². The standard InChI is InChI=1S/C14H25NO4S/c16-8-4-13-3-1-2-7-15(13)14(17)11-12-5-9-20(18,19)10-6-12/h12-13,16H,1-11H2. The summed E-state index contributed by atoms with van der Waals surface area (Å²) in [5.74, 6) is 0.811. The van der Waals surface area contributed by atoms with E-state index in [0.717, 1.165) is 25.8 Å². The lowest BCUT2D eigenvalue weighted by atomic mass is 9.95. The van der Waals surface area contributed by atoms with E-state index in [4.69, 9.17) is 5.11 Å². The maximum atomic E-state index is 12.4. The van der Waals surface area contributed by atoms with Crippen LogP contribution in [0.2, 0.25) is 0 Å². The predicted octanol–water partition coefficient (Wildman–Crippen LogP) is 0.965. The van der Waals surface area contributed by atoms with Crippen LogP contribution >= 0.6 is 0 Å². The Hall–Kier alpha value is -0.620. The van der Waals surface area contributed by atoms with Gasteiger partial charge in [0.25, 0.3) is 0 Å². The van der Waals surface area contributed by atoms with E-state index in [9.17, 15) is 13.2 Å². The third-order valence-corrected chi connectivity index (χ3v) is 6.26.